The molecule has 6 aromatic rings. The molecule has 0 bridgehead atoms. The molecular formula is C57H66N2O. The molecule has 1 aromatic heterocycles. The van der Waals surface area contributed by atoms with Crippen LogP contribution in [0, 0.1) is 0 Å². The van der Waals surface area contributed by atoms with Crippen LogP contribution in [0.3, 0.4) is 0 Å². The highest BCUT2D eigenvalue weighted by molar-refractivity contribution is 5.77. The van der Waals surface area contributed by atoms with Gasteiger partial charge in [0.2, 0.25) is 0 Å². The summed E-state index contributed by atoms with van der Waals surface area (Å²) in [4.78, 5) is 4.95. The summed E-state index contributed by atoms with van der Waals surface area (Å²) in [6, 6.07) is 35.8. The first-order valence-electron chi connectivity index (χ1n) is 22.5. The van der Waals surface area contributed by atoms with Gasteiger partial charge in [0.1, 0.15) is 11.5 Å². The molecule has 0 radical (unpaired) electrons. The molecule has 310 valence electrons. The highest BCUT2D eigenvalue weighted by atomic mass is 16.5. The monoisotopic (exact) mass is 795 g/mol. The van der Waals surface area contributed by atoms with Gasteiger partial charge in [-0.25, -0.2) is 4.98 Å². The first kappa shape index (κ1) is 42.7. The van der Waals surface area contributed by atoms with Crippen LogP contribution in [0.1, 0.15) is 175 Å². The fourth-order valence-corrected chi connectivity index (χ4v) is 9.20. The van der Waals surface area contributed by atoms with Crippen molar-refractivity contribution in [2.75, 3.05) is 0 Å². The van der Waals surface area contributed by atoms with Crippen molar-refractivity contribution in [3.05, 3.63) is 172 Å². The quantitative estimate of drug-likeness (QED) is 0.116. The average Bonchev–Trinajstić information content (AvgIpc) is 3.73. The molecule has 0 fully saturated rings. The Kier molecular flexibility index (Phi) is 12.9. The molecule has 0 aliphatic heterocycles. The number of hydrogen-bond donors (Lipinski definition) is 0. The lowest BCUT2D eigenvalue weighted by atomic mass is 9.78. The molecule has 0 saturated heterocycles. The van der Waals surface area contributed by atoms with Crippen LogP contribution in [0.25, 0.3) is 33.6 Å². The Morgan fingerprint density at radius 2 is 1.03 bits per heavy atom. The van der Waals surface area contributed by atoms with Gasteiger partial charge >= 0.3 is 0 Å². The lowest BCUT2D eigenvalue weighted by Gasteiger charge is -2.27. The summed E-state index contributed by atoms with van der Waals surface area (Å²) in [5, 5.41) is 0. The lowest BCUT2D eigenvalue weighted by molar-refractivity contribution is 0.482. The molecule has 1 heterocycles. The molecule has 0 saturated carbocycles. The Balaban J connectivity index is 1.30. The third kappa shape index (κ3) is 8.87. The number of ether oxygens (including phenoxy) is 1. The van der Waals surface area contributed by atoms with Crippen molar-refractivity contribution >= 4 is 5.57 Å². The Morgan fingerprint density at radius 1 is 0.533 bits per heavy atom. The minimum absolute atomic E-state index is 0.195. The normalized spacial score (nSPS) is 14.4. The van der Waals surface area contributed by atoms with E-state index in [4.69, 9.17) is 9.72 Å². The lowest BCUT2D eigenvalue weighted by Crippen LogP contribution is -2.08. The Bertz CT molecular complexity index is 2440. The van der Waals surface area contributed by atoms with Crippen LogP contribution < -0.4 is 4.74 Å². The van der Waals surface area contributed by atoms with Gasteiger partial charge in [-0.2, -0.15) is 0 Å². The zero-order valence-corrected chi connectivity index (χ0v) is 38.2. The van der Waals surface area contributed by atoms with Gasteiger partial charge in [-0.15, -0.1) is 0 Å². The van der Waals surface area contributed by atoms with Crippen molar-refractivity contribution in [3.63, 3.8) is 0 Å². The van der Waals surface area contributed by atoms with E-state index in [2.05, 4.69) is 209 Å². The van der Waals surface area contributed by atoms with Crippen LogP contribution in [0.4, 0.5) is 0 Å². The zero-order valence-electron chi connectivity index (χ0n) is 38.2. The predicted octanol–water partition coefficient (Wildman–Crippen LogP) is 16.9. The molecule has 3 nitrogen and oxygen atoms in total. The molecule has 7 rings (SSSR count). The van der Waals surface area contributed by atoms with Crippen molar-refractivity contribution in [2.24, 2.45) is 0 Å². The van der Waals surface area contributed by atoms with E-state index in [0.29, 0.717) is 35.5 Å². The second-order valence-electron chi connectivity index (χ2n) is 18.8. The van der Waals surface area contributed by atoms with E-state index >= 15 is 0 Å². The fraction of sp³-hybridized carbons (Fsp3) is 0.351. The van der Waals surface area contributed by atoms with Crippen LogP contribution in [0.15, 0.2) is 128 Å². The summed E-state index contributed by atoms with van der Waals surface area (Å²) in [5.41, 5.74) is 18.1. The van der Waals surface area contributed by atoms with Gasteiger partial charge in [-0.3, -0.25) is 0 Å². The molecule has 1 atom stereocenters. The predicted molar refractivity (Wildman–Crippen MR) is 256 cm³/mol. The number of aromatic nitrogens is 2. The first-order chi connectivity index (χ1) is 28.7. The van der Waals surface area contributed by atoms with Gasteiger partial charge in [0.25, 0.3) is 0 Å². The van der Waals surface area contributed by atoms with Crippen LogP contribution >= 0.6 is 0 Å². The summed E-state index contributed by atoms with van der Waals surface area (Å²) in [7, 11) is 0. The van der Waals surface area contributed by atoms with Crippen LogP contribution in [-0.4, -0.2) is 9.55 Å². The van der Waals surface area contributed by atoms with Crippen molar-refractivity contribution in [3.8, 4) is 39.6 Å². The van der Waals surface area contributed by atoms with Gasteiger partial charge in [0, 0.05) is 17.7 Å². The topological polar surface area (TPSA) is 27.1 Å². The first-order valence-corrected chi connectivity index (χ1v) is 22.5. The minimum atomic E-state index is 0.195. The third-order valence-corrected chi connectivity index (χ3v) is 12.3. The van der Waals surface area contributed by atoms with Crippen molar-refractivity contribution in [1.82, 2.24) is 9.55 Å². The standard InChI is InChI=1S/C57H66N2O/c1-35(2)48-22-15-23-49(36(3)4)55(48)43-20-13-18-41(28-43)44-29-45(56-50(37(5)6)24-16-25-51(56)38(7)8)32-47(31-44)60-46-21-14-19-42(30-46)54-33-59(34-58-54)57-52(39(9)10)26-17-27-53(57)40(11)12/h13-27,29-41H,28H2,1-12H3. The summed E-state index contributed by atoms with van der Waals surface area (Å²) in [6.07, 6.45) is 12.1. The maximum Gasteiger partial charge on any atom is 0.128 e. The van der Waals surface area contributed by atoms with E-state index in [1.165, 1.54) is 66.9 Å². The maximum absolute atomic E-state index is 6.97. The number of rotatable bonds is 13. The van der Waals surface area contributed by atoms with E-state index in [-0.39, 0.29) is 5.92 Å². The minimum Gasteiger partial charge on any atom is -0.457 e. The van der Waals surface area contributed by atoms with Crippen LogP contribution in [0.2, 0.25) is 0 Å². The van der Waals surface area contributed by atoms with E-state index in [9.17, 15) is 0 Å². The number of benzene rings is 5. The van der Waals surface area contributed by atoms with Gasteiger partial charge in [0.05, 0.1) is 17.7 Å². The largest absolute Gasteiger partial charge is 0.457 e. The fourth-order valence-electron chi connectivity index (χ4n) is 9.20. The summed E-state index contributed by atoms with van der Waals surface area (Å²) < 4.78 is 9.18. The molecule has 1 unspecified atom stereocenters. The summed E-state index contributed by atoms with van der Waals surface area (Å²) in [5.74, 6) is 4.25. The number of imidazole rings is 1. The van der Waals surface area contributed by atoms with Crippen molar-refractivity contribution < 1.29 is 4.74 Å². The Hall–Kier alpha value is -5.41. The Labute approximate surface area is 361 Å². The molecule has 3 heteroatoms. The van der Waals surface area contributed by atoms with E-state index in [1.807, 2.05) is 6.33 Å². The summed E-state index contributed by atoms with van der Waals surface area (Å²) >= 11 is 0. The van der Waals surface area contributed by atoms with Crippen molar-refractivity contribution in [2.45, 2.75) is 131 Å². The second-order valence-corrected chi connectivity index (χ2v) is 18.8. The molecule has 1 aliphatic carbocycles. The highest BCUT2D eigenvalue weighted by Gasteiger charge is 2.24. The molecule has 5 aromatic carbocycles. The van der Waals surface area contributed by atoms with E-state index in [0.717, 1.165) is 29.2 Å². The molecule has 0 spiro atoms. The van der Waals surface area contributed by atoms with Crippen molar-refractivity contribution in [1.29, 1.82) is 0 Å². The van der Waals surface area contributed by atoms with Crippen LogP contribution in [-0.2, 0) is 0 Å². The van der Waals surface area contributed by atoms with E-state index < -0.39 is 0 Å². The second kappa shape index (κ2) is 18.1. The Morgan fingerprint density at radius 3 is 1.58 bits per heavy atom. The highest BCUT2D eigenvalue weighted by Crippen LogP contribution is 2.44. The van der Waals surface area contributed by atoms with Gasteiger partial charge in [-0.05, 0) is 127 Å². The SMILES string of the molecule is CC(C)c1cccc(C(C)C)c1C1=CC=CC(c2cc(Oc3cccc(-c4cn(-c5c(C(C)C)cccc5C(C)C)cn4)c3)cc(-c3c(C(C)C)cccc3C(C)C)c2)C1. The number of nitrogens with zero attached hydrogens (tertiary/aromatic N) is 2. The number of para-hydroxylation sites is 1. The van der Waals surface area contributed by atoms with Gasteiger partial charge in [-0.1, -0.05) is 174 Å². The summed E-state index contributed by atoms with van der Waals surface area (Å²) in [6.45, 7) is 27.6. The van der Waals surface area contributed by atoms with E-state index in [1.54, 1.807) is 0 Å². The number of allylic oxidation sites excluding steroid dienone is 4. The molecule has 0 amide bonds. The maximum atomic E-state index is 6.97. The third-order valence-electron chi connectivity index (χ3n) is 12.3. The van der Waals surface area contributed by atoms with Gasteiger partial charge in [0.15, 0.2) is 0 Å². The smallest absolute Gasteiger partial charge is 0.128 e. The molecule has 1 aliphatic rings. The number of hydrogen-bond acceptors (Lipinski definition) is 2. The molecule has 0 N–H and O–H groups in total. The molecular weight excluding hydrogens is 729 g/mol. The average molecular weight is 795 g/mol. The van der Waals surface area contributed by atoms with Gasteiger partial charge < -0.3 is 9.30 Å². The molecule has 60 heavy (non-hydrogen) atoms. The zero-order chi connectivity index (χ0) is 42.8. The van der Waals surface area contributed by atoms with Crippen LogP contribution in [0.5, 0.6) is 11.5 Å².